The van der Waals surface area contributed by atoms with Crippen molar-refractivity contribution in [3.8, 4) is 0 Å². The molecule has 1 aromatic heterocycles. The lowest BCUT2D eigenvalue weighted by molar-refractivity contribution is 0.395. The van der Waals surface area contributed by atoms with Gasteiger partial charge >= 0.3 is 0 Å². The molecule has 1 N–H and O–H groups in total. The van der Waals surface area contributed by atoms with Gasteiger partial charge < -0.3 is 10.2 Å². The predicted molar refractivity (Wildman–Crippen MR) is 70.1 cm³/mol. The van der Waals surface area contributed by atoms with Crippen LogP contribution in [0.25, 0.3) is 0 Å². The van der Waals surface area contributed by atoms with Gasteiger partial charge in [0.05, 0.1) is 0 Å². The van der Waals surface area contributed by atoms with Gasteiger partial charge in [-0.15, -0.1) is 11.3 Å². The molecule has 0 aromatic carbocycles. The molecule has 0 unspecified atom stereocenters. The van der Waals surface area contributed by atoms with E-state index in [0.717, 1.165) is 12.5 Å². The molecule has 2 heterocycles. The van der Waals surface area contributed by atoms with E-state index in [9.17, 15) is 0 Å². The summed E-state index contributed by atoms with van der Waals surface area (Å²) in [6.07, 6.45) is 5.99. The summed E-state index contributed by atoms with van der Waals surface area (Å²) in [5, 5.41) is 4.38. The van der Waals surface area contributed by atoms with Crippen LogP contribution in [0.15, 0.2) is 6.20 Å². The molecule has 4 heteroatoms. The van der Waals surface area contributed by atoms with Crippen molar-refractivity contribution in [1.29, 1.82) is 0 Å². The highest BCUT2D eigenvalue weighted by Crippen LogP contribution is 2.28. The van der Waals surface area contributed by atoms with Gasteiger partial charge in [-0.05, 0) is 25.8 Å². The van der Waals surface area contributed by atoms with E-state index < -0.39 is 0 Å². The quantitative estimate of drug-likeness (QED) is 0.875. The van der Waals surface area contributed by atoms with Crippen molar-refractivity contribution in [2.45, 2.75) is 32.7 Å². The first-order valence-electron chi connectivity index (χ1n) is 6.17. The van der Waals surface area contributed by atoms with Crippen LogP contribution >= 0.6 is 11.3 Å². The summed E-state index contributed by atoms with van der Waals surface area (Å²) in [6.45, 7) is 5.61. The van der Waals surface area contributed by atoms with Gasteiger partial charge in [0.2, 0.25) is 0 Å². The molecule has 1 fully saturated rings. The summed E-state index contributed by atoms with van der Waals surface area (Å²) in [5.41, 5.74) is 0. The van der Waals surface area contributed by atoms with Gasteiger partial charge in [0.25, 0.3) is 0 Å². The second kappa shape index (κ2) is 5.64. The van der Waals surface area contributed by atoms with Gasteiger partial charge in [-0.2, -0.15) is 0 Å². The average molecular weight is 239 g/mol. The zero-order valence-corrected chi connectivity index (χ0v) is 11.0. The third kappa shape index (κ3) is 2.74. The second-order valence-electron chi connectivity index (χ2n) is 4.48. The van der Waals surface area contributed by atoms with Crippen LogP contribution in [0.1, 0.15) is 31.1 Å². The molecular formula is C12H21N3S. The number of thiazole rings is 1. The summed E-state index contributed by atoms with van der Waals surface area (Å²) in [6, 6.07) is 0. The highest BCUT2D eigenvalue weighted by Gasteiger charge is 2.19. The fourth-order valence-electron chi connectivity index (χ4n) is 2.23. The minimum Gasteiger partial charge on any atom is -0.348 e. The number of aromatic nitrogens is 1. The SMILES string of the molecule is CCC1CCN(c2ncc(CNC)s2)CC1. The van der Waals surface area contributed by atoms with Crippen LogP contribution in [0, 0.1) is 5.92 Å². The van der Waals surface area contributed by atoms with Gasteiger partial charge in [0, 0.05) is 30.7 Å². The standard InChI is InChI=1S/C12H21N3S/c1-3-10-4-6-15(7-5-10)12-14-9-11(16-12)8-13-2/h9-10,13H,3-8H2,1-2H3. The maximum absolute atomic E-state index is 4.51. The molecule has 0 saturated carbocycles. The highest BCUT2D eigenvalue weighted by atomic mass is 32.1. The van der Waals surface area contributed by atoms with E-state index >= 15 is 0 Å². The summed E-state index contributed by atoms with van der Waals surface area (Å²) in [4.78, 5) is 8.28. The molecule has 90 valence electrons. The van der Waals surface area contributed by atoms with Crippen LogP contribution in [0.4, 0.5) is 5.13 Å². The predicted octanol–water partition coefficient (Wildman–Crippen LogP) is 2.49. The van der Waals surface area contributed by atoms with Crippen molar-refractivity contribution in [3.63, 3.8) is 0 Å². The summed E-state index contributed by atoms with van der Waals surface area (Å²) in [7, 11) is 1.98. The molecule has 1 aromatic rings. The Morgan fingerprint density at radius 2 is 2.25 bits per heavy atom. The van der Waals surface area contributed by atoms with Crippen molar-refractivity contribution in [1.82, 2.24) is 10.3 Å². The Morgan fingerprint density at radius 1 is 1.50 bits per heavy atom. The zero-order chi connectivity index (χ0) is 11.4. The largest absolute Gasteiger partial charge is 0.348 e. The first-order chi connectivity index (χ1) is 7.83. The number of hydrogen-bond acceptors (Lipinski definition) is 4. The number of piperidine rings is 1. The fourth-order valence-corrected chi connectivity index (χ4v) is 3.21. The van der Waals surface area contributed by atoms with Crippen molar-refractivity contribution in [3.05, 3.63) is 11.1 Å². The molecule has 1 aliphatic rings. The maximum Gasteiger partial charge on any atom is 0.185 e. The monoisotopic (exact) mass is 239 g/mol. The van der Waals surface area contributed by atoms with Crippen LogP contribution < -0.4 is 10.2 Å². The van der Waals surface area contributed by atoms with E-state index in [2.05, 4.69) is 22.1 Å². The number of anilines is 1. The van der Waals surface area contributed by atoms with Gasteiger partial charge in [-0.25, -0.2) is 4.98 Å². The molecule has 0 spiro atoms. The molecule has 0 radical (unpaired) electrons. The van der Waals surface area contributed by atoms with E-state index in [4.69, 9.17) is 0 Å². The number of nitrogens with zero attached hydrogens (tertiary/aromatic N) is 2. The molecule has 3 nitrogen and oxygen atoms in total. The zero-order valence-electron chi connectivity index (χ0n) is 10.2. The van der Waals surface area contributed by atoms with Crippen LogP contribution in [0.5, 0.6) is 0 Å². The molecule has 16 heavy (non-hydrogen) atoms. The van der Waals surface area contributed by atoms with Gasteiger partial charge in [-0.3, -0.25) is 0 Å². The van der Waals surface area contributed by atoms with Crippen LogP contribution in [0.3, 0.4) is 0 Å². The van der Waals surface area contributed by atoms with Crippen molar-refractivity contribution < 1.29 is 0 Å². The van der Waals surface area contributed by atoms with E-state index in [1.165, 1.54) is 42.4 Å². The first kappa shape index (κ1) is 11.9. The maximum atomic E-state index is 4.51. The summed E-state index contributed by atoms with van der Waals surface area (Å²) >= 11 is 1.83. The Labute approximate surface area is 102 Å². The Hall–Kier alpha value is -0.610. The Morgan fingerprint density at radius 3 is 2.88 bits per heavy atom. The molecule has 1 saturated heterocycles. The van der Waals surface area contributed by atoms with E-state index in [0.29, 0.717) is 0 Å². The average Bonchev–Trinajstić information content (AvgIpc) is 2.78. The lowest BCUT2D eigenvalue weighted by Crippen LogP contribution is -2.33. The van der Waals surface area contributed by atoms with E-state index in [1.807, 2.05) is 24.6 Å². The molecule has 0 atom stereocenters. The lowest BCUT2D eigenvalue weighted by Gasteiger charge is -2.31. The lowest BCUT2D eigenvalue weighted by atomic mass is 9.95. The smallest absolute Gasteiger partial charge is 0.185 e. The van der Waals surface area contributed by atoms with Crippen molar-refractivity contribution in [2.24, 2.45) is 5.92 Å². The Bertz CT molecular complexity index is 316. The second-order valence-corrected chi connectivity index (χ2v) is 5.57. The highest BCUT2D eigenvalue weighted by molar-refractivity contribution is 7.15. The molecule has 0 amide bonds. The Kier molecular flexibility index (Phi) is 4.18. The summed E-state index contributed by atoms with van der Waals surface area (Å²) < 4.78 is 0. The van der Waals surface area contributed by atoms with Gasteiger partial charge in [0.1, 0.15) is 0 Å². The van der Waals surface area contributed by atoms with Gasteiger partial charge in [0.15, 0.2) is 5.13 Å². The molecule has 2 rings (SSSR count). The third-order valence-electron chi connectivity index (χ3n) is 3.35. The van der Waals surface area contributed by atoms with Crippen molar-refractivity contribution >= 4 is 16.5 Å². The topological polar surface area (TPSA) is 28.2 Å². The van der Waals surface area contributed by atoms with E-state index in [1.54, 1.807) is 0 Å². The van der Waals surface area contributed by atoms with Crippen LogP contribution in [-0.2, 0) is 6.54 Å². The van der Waals surface area contributed by atoms with Crippen LogP contribution in [0.2, 0.25) is 0 Å². The minimum atomic E-state index is 0.934. The number of rotatable bonds is 4. The van der Waals surface area contributed by atoms with E-state index in [-0.39, 0.29) is 0 Å². The molecule has 1 aliphatic heterocycles. The third-order valence-corrected chi connectivity index (χ3v) is 4.41. The summed E-state index contributed by atoms with van der Waals surface area (Å²) in [5.74, 6) is 0.938. The number of hydrogen-bond donors (Lipinski definition) is 1. The molecular weight excluding hydrogens is 218 g/mol. The number of nitrogens with one attached hydrogen (secondary N) is 1. The van der Waals surface area contributed by atoms with Crippen molar-refractivity contribution in [2.75, 3.05) is 25.0 Å². The first-order valence-corrected chi connectivity index (χ1v) is 6.99. The fraction of sp³-hybridized carbons (Fsp3) is 0.750. The molecule has 0 bridgehead atoms. The molecule has 0 aliphatic carbocycles. The normalized spacial score (nSPS) is 18.0. The minimum absolute atomic E-state index is 0.934. The Balaban J connectivity index is 1.92. The van der Waals surface area contributed by atoms with Gasteiger partial charge in [-0.1, -0.05) is 13.3 Å². The van der Waals surface area contributed by atoms with Crippen LogP contribution in [-0.4, -0.2) is 25.1 Å².